The zero-order valence-electron chi connectivity index (χ0n) is 7.43. The highest BCUT2D eigenvalue weighted by Crippen LogP contribution is 2.19. The number of carboxylic acids is 1. The van der Waals surface area contributed by atoms with Crippen molar-refractivity contribution in [2.75, 3.05) is 0 Å². The summed E-state index contributed by atoms with van der Waals surface area (Å²) in [6, 6.07) is 0. The largest absolute Gasteiger partial charge is 0.478 e. The van der Waals surface area contributed by atoms with Crippen molar-refractivity contribution in [3.05, 3.63) is 24.3 Å². The van der Waals surface area contributed by atoms with Gasteiger partial charge in [-0.3, -0.25) is 4.68 Å². The summed E-state index contributed by atoms with van der Waals surface area (Å²) in [5.74, 6) is -0.997. The topological polar surface area (TPSA) is 83.8 Å². The number of aromatic nitrogens is 4. The molecular weight excluding hydrogens is 184 g/mol. The minimum absolute atomic E-state index is 0.164. The number of rotatable bonds is 2. The third-order valence-corrected chi connectivity index (χ3v) is 1.92. The summed E-state index contributed by atoms with van der Waals surface area (Å²) >= 11 is 0. The van der Waals surface area contributed by atoms with Gasteiger partial charge in [-0.05, 0) is 0 Å². The fourth-order valence-corrected chi connectivity index (χ4v) is 1.30. The molecule has 0 saturated heterocycles. The van der Waals surface area contributed by atoms with Gasteiger partial charge in [-0.15, -0.1) is 0 Å². The second-order valence-corrected chi connectivity index (χ2v) is 2.80. The van der Waals surface area contributed by atoms with Gasteiger partial charge in [-0.25, -0.2) is 9.78 Å². The molecule has 2 heterocycles. The number of aromatic amines is 1. The first kappa shape index (κ1) is 8.49. The molecule has 0 atom stereocenters. The van der Waals surface area contributed by atoms with E-state index in [1.54, 1.807) is 13.2 Å². The lowest BCUT2D eigenvalue weighted by Gasteiger charge is -1.99. The first-order chi connectivity index (χ1) is 6.70. The Bertz CT molecular complexity index is 458. The first-order valence-corrected chi connectivity index (χ1v) is 3.94. The van der Waals surface area contributed by atoms with Crippen molar-refractivity contribution in [2.45, 2.75) is 0 Å². The van der Waals surface area contributed by atoms with Crippen LogP contribution in [0.2, 0.25) is 0 Å². The van der Waals surface area contributed by atoms with Gasteiger partial charge in [0, 0.05) is 7.05 Å². The highest BCUT2D eigenvalue weighted by molar-refractivity contribution is 5.94. The number of nitrogens with one attached hydrogen (secondary N) is 1. The highest BCUT2D eigenvalue weighted by atomic mass is 16.4. The number of H-pyrrole nitrogens is 1. The maximum absolute atomic E-state index is 10.8. The summed E-state index contributed by atoms with van der Waals surface area (Å²) in [4.78, 5) is 17.5. The van der Waals surface area contributed by atoms with E-state index >= 15 is 0 Å². The predicted octanol–water partition coefficient (Wildman–Crippen LogP) is 0.508. The second-order valence-electron chi connectivity index (χ2n) is 2.80. The van der Waals surface area contributed by atoms with Gasteiger partial charge in [0.05, 0.1) is 24.4 Å². The Hall–Kier alpha value is -2.11. The van der Waals surface area contributed by atoms with Gasteiger partial charge < -0.3 is 10.1 Å². The zero-order valence-corrected chi connectivity index (χ0v) is 7.43. The molecule has 72 valence electrons. The van der Waals surface area contributed by atoms with Crippen molar-refractivity contribution in [2.24, 2.45) is 7.05 Å². The van der Waals surface area contributed by atoms with E-state index in [1.165, 1.54) is 17.2 Å². The van der Waals surface area contributed by atoms with E-state index < -0.39 is 5.97 Å². The number of carbonyl (C=O) groups is 1. The minimum Gasteiger partial charge on any atom is -0.478 e. The van der Waals surface area contributed by atoms with Crippen LogP contribution in [0.5, 0.6) is 0 Å². The van der Waals surface area contributed by atoms with Crippen LogP contribution in [0.15, 0.2) is 18.7 Å². The molecular formula is C8H8N4O2. The molecule has 0 aliphatic carbocycles. The van der Waals surface area contributed by atoms with Gasteiger partial charge in [0.25, 0.3) is 0 Å². The summed E-state index contributed by atoms with van der Waals surface area (Å²) in [5.41, 5.74) is 1.33. The molecule has 0 bridgehead atoms. The van der Waals surface area contributed by atoms with Crippen LogP contribution in [-0.2, 0) is 7.05 Å². The Morgan fingerprint density at radius 1 is 1.57 bits per heavy atom. The Morgan fingerprint density at radius 3 is 2.93 bits per heavy atom. The van der Waals surface area contributed by atoms with E-state index in [2.05, 4.69) is 15.1 Å². The summed E-state index contributed by atoms with van der Waals surface area (Å²) < 4.78 is 1.50. The molecule has 0 fully saturated rings. The minimum atomic E-state index is -0.997. The third-order valence-electron chi connectivity index (χ3n) is 1.92. The molecule has 6 nitrogen and oxygen atoms in total. The quantitative estimate of drug-likeness (QED) is 0.726. The van der Waals surface area contributed by atoms with Crippen molar-refractivity contribution < 1.29 is 9.90 Å². The molecule has 0 aliphatic heterocycles. The van der Waals surface area contributed by atoms with Gasteiger partial charge >= 0.3 is 5.97 Å². The fourth-order valence-electron chi connectivity index (χ4n) is 1.30. The maximum Gasteiger partial charge on any atom is 0.339 e. The summed E-state index contributed by atoms with van der Waals surface area (Å²) in [6.45, 7) is 0. The number of imidazole rings is 1. The van der Waals surface area contributed by atoms with Crippen LogP contribution in [0.4, 0.5) is 0 Å². The number of hydrogen-bond donors (Lipinski definition) is 2. The molecule has 14 heavy (non-hydrogen) atoms. The van der Waals surface area contributed by atoms with Crippen LogP contribution in [-0.4, -0.2) is 30.8 Å². The normalized spacial score (nSPS) is 10.4. The van der Waals surface area contributed by atoms with E-state index in [-0.39, 0.29) is 5.56 Å². The van der Waals surface area contributed by atoms with E-state index in [4.69, 9.17) is 5.11 Å². The SMILES string of the molecule is Cn1ncc(C(=O)O)c1-c1cnc[nH]1. The molecule has 0 amide bonds. The third kappa shape index (κ3) is 1.17. The number of aromatic carboxylic acids is 1. The van der Waals surface area contributed by atoms with Gasteiger partial charge in [-0.2, -0.15) is 5.10 Å². The van der Waals surface area contributed by atoms with E-state index in [9.17, 15) is 4.79 Å². The van der Waals surface area contributed by atoms with Crippen molar-refractivity contribution in [3.8, 4) is 11.4 Å². The Labute approximate surface area is 79.2 Å². The lowest BCUT2D eigenvalue weighted by Crippen LogP contribution is -2.00. The van der Waals surface area contributed by atoms with Crippen molar-refractivity contribution in [3.63, 3.8) is 0 Å². The molecule has 2 aromatic rings. The maximum atomic E-state index is 10.8. The Kier molecular flexibility index (Phi) is 1.81. The summed E-state index contributed by atoms with van der Waals surface area (Å²) in [5, 5.41) is 12.8. The smallest absolute Gasteiger partial charge is 0.339 e. The number of nitrogens with zero attached hydrogens (tertiary/aromatic N) is 3. The average molecular weight is 192 g/mol. The van der Waals surface area contributed by atoms with E-state index in [0.29, 0.717) is 11.4 Å². The van der Waals surface area contributed by atoms with E-state index in [1.807, 2.05) is 0 Å². The molecule has 2 N–H and O–H groups in total. The summed E-state index contributed by atoms with van der Waals surface area (Å²) in [6.07, 6.45) is 4.37. The molecule has 6 heteroatoms. The molecule has 0 aromatic carbocycles. The molecule has 2 rings (SSSR count). The Balaban J connectivity index is 2.62. The lowest BCUT2D eigenvalue weighted by molar-refractivity contribution is 0.0697. The molecule has 0 spiro atoms. The van der Waals surface area contributed by atoms with Gasteiger partial charge in [0.15, 0.2) is 0 Å². The van der Waals surface area contributed by atoms with E-state index in [0.717, 1.165) is 0 Å². The average Bonchev–Trinajstić information content (AvgIpc) is 2.71. The van der Waals surface area contributed by atoms with Gasteiger partial charge in [-0.1, -0.05) is 0 Å². The van der Waals surface area contributed by atoms with Crippen LogP contribution >= 0.6 is 0 Å². The Morgan fingerprint density at radius 2 is 2.36 bits per heavy atom. The van der Waals surface area contributed by atoms with Gasteiger partial charge in [0.1, 0.15) is 11.3 Å². The number of hydrogen-bond acceptors (Lipinski definition) is 3. The molecule has 2 aromatic heterocycles. The predicted molar refractivity (Wildman–Crippen MR) is 47.7 cm³/mol. The molecule has 0 aliphatic rings. The standard InChI is InChI=1S/C8H8N4O2/c1-12-7(6-3-9-4-10-6)5(2-11-12)8(13)14/h2-4H,1H3,(H,9,10)(H,13,14). The fraction of sp³-hybridized carbons (Fsp3) is 0.125. The van der Waals surface area contributed by atoms with Crippen molar-refractivity contribution >= 4 is 5.97 Å². The van der Waals surface area contributed by atoms with Crippen molar-refractivity contribution in [1.82, 2.24) is 19.7 Å². The summed E-state index contributed by atoms with van der Waals surface area (Å²) in [7, 11) is 1.68. The van der Waals surface area contributed by atoms with Crippen LogP contribution in [0, 0.1) is 0 Å². The van der Waals surface area contributed by atoms with Crippen molar-refractivity contribution in [1.29, 1.82) is 0 Å². The van der Waals surface area contributed by atoms with Crippen LogP contribution in [0.1, 0.15) is 10.4 Å². The number of carboxylic acid groups (broad SMARTS) is 1. The number of aryl methyl sites for hydroxylation is 1. The molecule has 0 radical (unpaired) electrons. The van der Waals surface area contributed by atoms with Gasteiger partial charge in [0.2, 0.25) is 0 Å². The zero-order chi connectivity index (χ0) is 10.1. The lowest BCUT2D eigenvalue weighted by atomic mass is 10.2. The second kappa shape index (κ2) is 2.99. The highest BCUT2D eigenvalue weighted by Gasteiger charge is 2.17. The van der Waals surface area contributed by atoms with Crippen LogP contribution < -0.4 is 0 Å². The van der Waals surface area contributed by atoms with Crippen LogP contribution in [0.25, 0.3) is 11.4 Å². The molecule has 0 saturated carbocycles. The molecule has 0 unspecified atom stereocenters. The monoisotopic (exact) mass is 192 g/mol. The van der Waals surface area contributed by atoms with Crippen LogP contribution in [0.3, 0.4) is 0 Å². The first-order valence-electron chi connectivity index (χ1n) is 3.94.